The van der Waals surface area contributed by atoms with Crippen molar-refractivity contribution >= 4 is 21.6 Å². The largest absolute Gasteiger partial charge is 0.497 e. The highest BCUT2D eigenvalue weighted by molar-refractivity contribution is 7.89. The maximum atomic E-state index is 12.6. The van der Waals surface area contributed by atoms with Gasteiger partial charge in [0.1, 0.15) is 16.4 Å². The summed E-state index contributed by atoms with van der Waals surface area (Å²) in [6, 6.07) is 10.1. The second kappa shape index (κ2) is 8.64. The lowest BCUT2D eigenvalue weighted by Crippen LogP contribution is -2.26. The van der Waals surface area contributed by atoms with E-state index in [2.05, 4.69) is 14.9 Å². The highest BCUT2D eigenvalue weighted by Crippen LogP contribution is 2.36. The summed E-state index contributed by atoms with van der Waals surface area (Å²) in [5.74, 6) is 1.29. The van der Waals surface area contributed by atoms with E-state index in [4.69, 9.17) is 21.1 Å². The molecule has 0 aliphatic heterocycles. The van der Waals surface area contributed by atoms with Crippen molar-refractivity contribution in [3.05, 3.63) is 59.4 Å². The molecule has 0 fully saturated rings. The number of hydrogen-bond donors (Lipinski definition) is 2. The Morgan fingerprint density at radius 1 is 1.14 bits per heavy atom. The Morgan fingerprint density at radius 3 is 2.61 bits per heavy atom. The first-order valence-electron chi connectivity index (χ1n) is 8.44. The molecule has 0 saturated heterocycles. The minimum absolute atomic E-state index is 0.0203. The monoisotopic (exact) mass is 421 g/mol. The average Bonchev–Trinajstić information content (AvgIpc) is 3.20. The summed E-state index contributed by atoms with van der Waals surface area (Å²) in [5, 5.41) is 6.65. The van der Waals surface area contributed by atoms with Crippen LogP contribution in [0.5, 0.6) is 11.5 Å². The van der Waals surface area contributed by atoms with Crippen molar-refractivity contribution < 1.29 is 17.9 Å². The van der Waals surface area contributed by atoms with E-state index in [1.54, 1.807) is 50.9 Å². The van der Waals surface area contributed by atoms with Crippen LogP contribution >= 0.6 is 11.6 Å². The Morgan fingerprint density at radius 2 is 1.96 bits per heavy atom. The number of ether oxygens (including phenoxy) is 2. The molecule has 0 radical (unpaired) electrons. The molecule has 1 heterocycles. The molecule has 0 spiro atoms. The van der Waals surface area contributed by atoms with E-state index in [0.29, 0.717) is 17.9 Å². The topological polar surface area (TPSA) is 93.3 Å². The maximum Gasteiger partial charge on any atom is 0.242 e. The minimum atomic E-state index is -3.74. The number of rotatable bonds is 8. The molecule has 0 atom stereocenters. The number of nitrogens with zero attached hydrogens (tertiary/aromatic N) is 1. The Kier molecular flexibility index (Phi) is 6.23. The Hall–Kier alpha value is -2.55. The molecule has 0 unspecified atom stereocenters. The van der Waals surface area contributed by atoms with E-state index in [1.807, 2.05) is 6.07 Å². The summed E-state index contributed by atoms with van der Waals surface area (Å²) in [6.45, 7) is 0.240. The van der Waals surface area contributed by atoms with E-state index in [0.717, 1.165) is 16.7 Å². The van der Waals surface area contributed by atoms with Gasteiger partial charge in [-0.2, -0.15) is 5.10 Å². The SMILES string of the molecule is COc1ccc(OC)c(-c2ccc(S(=O)(=O)NCCc3cn[nH]c3)c(Cl)c2)c1. The molecule has 2 N–H and O–H groups in total. The Labute approximate surface area is 168 Å². The van der Waals surface area contributed by atoms with Crippen molar-refractivity contribution in [1.82, 2.24) is 14.9 Å². The van der Waals surface area contributed by atoms with Crippen LogP contribution in [-0.2, 0) is 16.4 Å². The second-order valence-corrected chi connectivity index (χ2v) is 8.11. The zero-order valence-corrected chi connectivity index (χ0v) is 17.0. The molecule has 9 heteroatoms. The number of aromatic nitrogens is 2. The van der Waals surface area contributed by atoms with Crippen LogP contribution in [0.25, 0.3) is 11.1 Å². The normalized spacial score (nSPS) is 11.4. The molecular weight excluding hydrogens is 402 g/mol. The van der Waals surface area contributed by atoms with Crippen molar-refractivity contribution in [3.8, 4) is 22.6 Å². The van der Waals surface area contributed by atoms with Crippen LogP contribution in [0.15, 0.2) is 53.7 Å². The molecule has 0 amide bonds. The fourth-order valence-electron chi connectivity index (χ4n) is 2.75. The predicted molar refractivity (Wildman–Crippen MR) is 107 cm³/mol. The van der Waals surface area contributed by atoms with Gasteiger partial charge in [-0.1, -0.05) is 17.7 Å². The van der Waals surface area contributed by atoms with Crippen LogP contribution in [0.4, 0.5) is 0 Å². The van der Waals surface area contributed by atoms with E-state index in [9.17, 15) is 8.42 Å². The van der Waals surface area contributed by atoms with Gasteiger partial charge in [0, 0.05) is 18.3 Å². The zero-order valence-electron chi connectivity index (χ0n) is 15.4. The van der Waals surface area contributed by atoms with Gasteiger partial charge in [0.25, 0.3) is 0 Å². The standard InChI is InChI=1S/C19H20ClN3O4S/c1-26-15-4-5-18(27-2)16(10-15)14-3-6-19(17(20)9-14)28(24,25)23-8-7-13-11-21-22-12-13/h3-6,9-12,23H,7-8H2,1-2H3,(H,21,22). The number of hydrogen-bond acceptors (Lipinski definition) is 5. The van der Waals surface area contributed by atoms with Gasteiger partial charge >= 0.3 is 0 Å². The van der Waals surface area contributed by atoms with Crippen LogP contribution in [0, 0.1) is 0 Å². The molecule has 28 heavy (non-hydrogen) atoms. The molecule has 0 bridgehead atoms. The third-order valence-electron chi connectivity index (χ3n) is 4.20. The van der Waals surface area contributed by atoms with Crippen LogP contribution in [0.1, 0.15) is 5.56 Å². The summed E-state index contributed by atoms with van der Waals surface area (Å²) >= 11 is 6.31. The highest BCUT2D eigenvalue weighted by atomic mass is 35.5. The van der Waals surface area contributed by atoms with Gasteiger partial charge in [0.05, 0.1) is 25.4 Å². The molecule has 0 aliphatic carbocycles. The van der Waals surface area contributed by atoms with Gasteiger partial charge in [0.2, 0.25) is 10.0 Å². The van der Waals surface area contributed by atoms with E-state index in [1.165, 1.54) is 6.07 Å². The van der Waals surface area contributed by atoms with Crippen LogP contribution < -0.4 is 14.2 Å². The summed E-state index contributed by atoms with van der Waals surface area (Å²) < 4.78 is 38.4. The smallest absolute Gasteiger partial charge is 0.242 e. The molecular formula is C19H20ClN3O4S. The van der Waals surface area contributed by atoms with Crippen molar-refractivity contribution in [2.75, 3.05) is 20.8 Å². The molecule has 148 valence electrons. The number of sulfonamides is 1. The van der Waals surface area contributed by atoms with Crippen molar-refractivity contribution in [3.63, 3.8) is 0 Å². The third-order valence-corrected chi connectivity index (χ3v) is 6.14. The first kappa shape index (κ1) is 20.2. The van der Waals surface area contributed by atoms with Crippen LogP contribution in [0.3, 0.4) is 0 Å². The molecule has 0 saturated carbocycles. The van der Waals surface area contributed by atoms with Crippen LogP contribution in [0.2, 0.25) is 5.02 Å². The number of aromatic amines is 1. The van der Waals surface area contributed by atoms with E-state index >= 15 is 0 Å². The average molecular weight is 422 g/mol. The fraction of sp³-hybridized carbons (Fsp3) is 0.211. The Balaban J connectivity index is 1.84. The van der Waals surface area contributed by atoms with Crippen molar-refractivity contribution in [1.29, 1.82) is 0 Å². The van der Waals surface area contributed by atoms with Crippen LogP contribution in [-0.4, -0.2) is 39.4 Å². The van der Waals surface area contributed by atoms with Crippen molar-refractivity contribution in [2.24, 2.45) is 0 Å². The first-order valence-corrected chi connectivity index (χ1v) is 10.3. The molecule has 1 aromatic heterocycles. The number of nitrogens with one attached hydrogen (secondary N) is 2. The number of methoxy groups -OCH3 is 2. The van der Waals surface area contributed by atoms with Gasteiger partial charge in [-0.3, -0.25) is 5.10 Å². The van der Waals surface area contributed by atoms with Gasteiger partial charge in [-0.15, -0.1) is 0 Å². The summed E-state index contributed by atoms with van der Waals surface area (Å²) in [7, 11) is -0.602. The summed E-state index contributed by atoms with van der Waals surface area (Å²) in [6.07, 6.45) is 3.89. The summed E-state index contributed by atoms with van der Waals surface area (Å²) in [5.41, 5.74) is 2.38. The fourth-order valence-corrected chi connectivity index (χ4v) is 4.32. The summed E-state index contributed by atoms with van der Waals surface area (Å²) in [4.78, 5) is 0.0203. The van der Waals surface area contributed by atoms with Gasteiger partial charge in [-0.05, 0) is 47.9 Å². The third kappa shape index (κ3) is 4.46. The lowest BCUT2D eigenvalue weighted by atomic mass is 10.0. The Bertz CT molecular complexity index is 1050. The lowest BCUT2D eigenvalue weighted by Gasteiger charge is -2.13. The number of benzene rings is 2. The molecule has 3 rings (SSSR count). The number of H-pyrrole nitrogens is 1. The molecule has 0 aliphatic rings. The molecule has 7 nitrogen and oxygen atoms in total. The van der Waals surface area contributed by atoms with Crippen molar-refractivity contribution in [2.45, 2.75) is 11.3 Å². The van der Waals surface area contributed by atoms with Gasteiger partial charge in [0.15, 0.2) is 0 Å². The van der Waals surface area contributed by atoms with E-state index < -0.39 is 10.0 Å². The highest BCUT2D eigenvalue weighted by Gasteiger charge is 2.19. The lowest BCUT2D eigenvalue weighted by molar-refractivity contribution is 0.404. The quantitative estimate of drug-likeness (QED) is 0.582. The minimum Gasteiger partial charge on any atom is -0.497 e. The van der Waals surface area contributed by atoms with Gasteiger partial charge in [-0.25, -0.2) is 13.1 Å². The maximum absolute atomic E-state index is 12.6. The van der Waals surface area contributed by atoms with Gasteiger partial charge < -0.3 is 9.47 Å². The molecule has 3 aromatic rings. The molecule has 2 aromatic carbocycles. The second-order valence-electron chi connectivity index (χ2n) is 5.97. The van der Waals surface area contributed by atoms with E-state index in [-0.39, 0.29) is 16.5 Å². The zero-order chi connectivity index (χ0) is 20.1. The number of halogens is 1. The first-order chi connectivity index (χ1) is 13.4. The predicted octanol–water partition coefficient (Wildman–Crippen LogP) is 3.27.